The molecule has 0 aliphatic carbocycles. The molecule has 9 N–H and O–H groups in total. The van der Waals surface area contributed by atoms with Crippen LogP contribution < -0.4 is 5.32 Å². The number of hydrogen-bond donors (Lipinski definition) is 9. The fourth-order valence-corrected chi connectivity index (χ4v) is 11.3. The third-order valence-corrected chi connectivity index (χ3v) is 16.7. The minimum atomic E-state index is -1.78. The zero-order valence-corrected chi connectivity index (χ0v) is 50.6. The molecule has 2 aliphatic heterocycles. The van der Waals surface area contributed by atoms with Crippen LogP contribution in [0.2, 0.25) is 0 Å². The number of nitrogens with one attached hydrogen (secondary N) is 1. The molecule has 468 valence electrons. The maximum Gasteiger partial charge on any atom is 0.220 e. The van der Waals surface area contributed by atoms with E-state index in [4.69, 9.17) is 18.9 Å². The van der Waals surface area contributed by atoms with Crippen molar-refractivity contribution in [1.29, 1.82) is 0 Å². The van der Waals surface area contributed by atoms with Crippen LogP contribution in [0.4, 0.5) is 0 Å². The van der Waals surface area contributed by atoms with Crippen LogP contribution in [0.5, 0.6) is 0 Å². The van der Waals surface area contributed by atoms with Gasteiger partial charge in [-0.3, -0.25) is 4.79 Å². The number of ether oxygens (including phenoxy) is 4. The van der Waals surface area contributed by atoms with Gasteiger partial charge < -0.3 is 65.1 Å². The van der Waals surface area contributed by atoms with E-state index < -0.39 is 86.8 Å². The van der Waals surface area contributed by atoms with Crippen molar-refractivity contribution < 1.29 is 64.6 Å². The molecule has 12 atom stereocenters. The number of carbonyl (C=O) groups excluding carboxylic acids is 1. The smallest absolute Gasteiger partial charge is 0.220 e. The second-order valence-electron chi connectivity index (χ2n) is 24.0. The number of hydrogen-bond acceptors (Lipinski definition) is 13. The summed E-state index contributed by atoms with van der Waals surface area (Å²) >= 11 is 0. The van der Waals surface area contributed by atoms with Crippen molar-refractivity contribution in [1.82, 2.24) is 5.32 Å². The van der Waals surface area contributed by atoms with Gasteiger partial charge >= 0.3 is 0 Å². The number of allylic oxidation sites excluding steroid dienone is 1. The van der Waals surface area contributed by atoms with Crippen molar-refractivity contribution >= 4 is 5.91 Å². The van der Waals surface area contributed by atoms with Gasteiger partial charge in [0.1, 0.15) is 48.8 Å². The molecule has 14 nitrogen and oxygen atoms in total. The number of rotatable bonds is 55. The van der Waals surface area contributed by atoms with E-state index in [1.54, 1.807) is 6.08 Å². The highest BCUT2D eigenvalue weighted by Crippen LogP contribution is 2.30. The first-order chi connectivity index (χ1) is 38.6. The molecular weight excluding hydrogens is 1000 g/mol. The van der Waals surface area contributed by atoms with Gasteiger partial charge in [0, 0.05) is 6.42 Å². The Morgan fingerprint density at radius 3 is 1.15 bits per heavy atom. The zero-order valence-electron chi connectivity index (χ0n) is 50.6. The normalized spacial score (nSPS) is 24.4. The van der Waals surface area contributed by atoms with Gasteiger partial charge in [-0.1, -0.05) is 296 Å². The Morgan fingerprint density at radius 1 is 0.443 bits per heavy atom. The standard InChI is InChI=1S/C65H125NO13/c1-3-5-7-9-10-11-12-13-14-15-16-17-18-19-20-21-22-23-24-25-26-27-28-29-30-31-32-33-34-35-36-37-38-39-40-41-42-43-44-45-47-49-57(70)66-53(54(69)48-46-8-6-4-2)52-76-64-62(75)60(73)63(56(51-68)78-64)79-65-61(74)59(72)58(71)55(50-67)77-65/h46,48,53-56,58-65,67-69,71-75H,3-45,47,49-52H2,1-2H3,(H,66,70)/b48-46+. The monoisotopic (exact) mass is 1130 g/mol. The van der Waals surface area contributed by atoms with E-state index in [0.717, 1.165) is 38.5 Å². The number of aliphatic hydroxyl groups is 8. The van der Waals surface area contributed by atoms with Crippen LogP contribution in [0, 0.1) is 0 Å². The summed E-state index contributed by atoms with van der Waals surface area (Å²) in [5.74, 6) is -0.243. The van der Waals surface area contributed by atoms with Crippen LogP contribution in [-0.2, 0) is 23.7 Å². The van der Waals surface area contributed by atoms with Crippen molar-refractivity contribution in [2.24, 2.45) is 0 Å². The van der Waals surface area contributed by atoms with E-state index in [-0.39, 0.29) is 18.9 Å². The number of amides is 1. The molecule has 0 radical (unpaired) electrons. The Hall–Kier alpha value is -1.27. The first-order valence-electron chi connectivity index (χ1n) is 33.4. The minimum absolute atomic E-state index is 0.243. The lowest BCUT2D eigenvalue weighted by atomic mass is 9.97. The van der Waals surface area contributed by atoms with Gasteiger partial charge in [-0.15, -0.1) is 0 Å². The predicted molar refractivity (Wildman–Crippen MR) is 319 cm³/mol. The molecule has 2 rings (SSSR count). The van der Waals surface area contributed by atoms with Gasteiger partial charge in [0.05, 0.1) is 32.0 Å². The first kappa shape index (κ1) is 73.8. The molecule has 2 heterocycles. The number of carbonyl (C=O) groups is 1. The second kappa shape index (κ2) is 51.2. The van der Waals surface area contributed by atoms with Gasteiger partial charge in [-0.2, -0.15) is 0 Å². The highest BCUT2D eigenvalue weighted by Gasteiger charge is 2.51. The third kappa shape index (κ3) is 36.2. The third-order valence-electron chi connectivity index (χ3n) is 16.7. The van der Waals surface area contributed by atoms with Crippen LogP contribution in [0.15, 0.2) is 12.2 Å². The SMILES string of the molecule is CCCC/C=C/C(O)C(COC1OC(CO)C(OC2OC(CO)C(O)C(O)C2O)C(O)C1O)NC(=O)CCCCCCCCCCCCCCCCCCCCCCCCCCCCCCCCCCCCCCCCCCC. The summed E-state index contributed by atoms with van der Waals surface area (Å²) in [4.78, 5) is 13.1. The minimum Gasteiger partial charge on any atom is -0.394 e. The Bertz CT molecular complexity index is 1380. The highest BCUT2D eigenvalue weighted by molar-refractivity contribution is 5.76. The average Bonchev–Trinajstić information content (AvgIpc) is 3.48. The maximum absolute atomic E-state index is 13.1. The molecule has 2 saturated heterocycles. The van der Waals surface area contributed by atoms with E-state index in [2.05, 4.69) is 19.2 Å². The van der Waals surface area contributed by atoms with Gasteiger partial charge in [-0.25, -0.2) is 0 Å². The van der Waals surface area contributed by atoms with Crippen LogP contribution >= 0.6 is 0 Å². The van der Waals surface area contributed by atoms with Crippen molar-refractivity contribution in [3.05, 3.63) is 12.2 Å². The van der Waals surface area contributed by atoms with Crippen molar-refractivity contribution in [3.63, 3.8) is 0 Å². The Morgan fingerprint density at radius 2 is 0.785 bits per heavy atom. The fourth-order valence-electron chi connectivity index (χ4n) is 11.3. The zero-order chi connectivity index (χ0) is 57.4. The summed E-state index contributed by atoms with van der Waals surface area (Å²) in [6, 6.07) is -0.906. The second-order valence-corrected chi connectivity index (χ2v) is 24.0. The Kier molecular flexibility index (Phi) is 47.8. The Labute approximate surface area is 482 Å². The molecular formula is C65H125NO13. The van der Waals surface area contributed by atoms with E-state index in [9.17, 15) is 45.6 Å². The summed E-state index contributed by atoms with van der Waals surface area (Å²) in [7, 11) is 0. The molecule has 79 heavy (non-hydrogen) atoms. The lowest BCUT2D eigenvalue weighted by molar-refractivity contribution is -0.359. The molecule has 12 unspecified atom stereocenters. The first-order valence-corrected chi connectivity index (χ1v) is 33.4. The van der Waals surface area contributed by atoms with Crippen molar-refractivity contribution in [2.45, 2.75) is 376 Å². The van der Waals surface area contributed by atoms with E-state index in [1.165, 1.54) is 238 Å². The number of aliphatic hydroxyl groups excluding tert-OH is 8. The lowest BCUT2D eigenvalue weighted by Crippen LogP contribution is -2.65. The van der Waals surface area contributed by atoms with E-state index in [1.807, 2.05) is 6.08 Å². The van der Waals surface area contributed by atoms with Crippen LogP contribution in [-0.4, -0.2) is 140 Å². The summed E-state index contributed by atoms with van der Waals surface area (Å²) in [5, 5.41) is 86.3. The van der Waals surface area contributed by atoms with Crippen LogP contribution in [0.25, 0.3) is 0 Å². The largest absolute Gasteiger partial charge is 0.394 e. The van der Waals surface area contributed by atoms with Gasteiger partial charge in [0.15, 0.2) is 12.6 Å². The molecule has 0 aromatic rings. The van der Waals surface area contributed by atoms with E-state index in [0.29, 0.717) is 6.42 Å². The number of unbranched alkanes of at least 4 members (excludes halogenated alkanes) is 42. The van der Waals surface area contributed by atoms with Gasteiger partial charge in [0.2, 0.25) is 5.91 Å². The van der Waals surface area contributed by atoms with Gasteiger partial charge in [-0.05, 0) is 12.8 Å². The van der Waals surface area contributed by atoms with Crippen LogP contribution in [0.1, 0.15) is 303 Å². The molecule has 1 amide bonds. The fraction of sp³-hybridized carbons (Fsp3) is 0.954. The highest BCUT2D eigenvalue weighted by atomic mass is 16.7. The average molecular weight is 1130 g/mol. The van der Waals surface area contributed by atoms with Gasteiger partial charge in [0.25, 0.3) is 0 Å². The quantitative estimate of drug-likeness (QED) is 0.0204. The van der Waals surface area contributed by atoms with Crippen molar-refractivity contribution in [3.8, 4) is 0 Å². The molecule has 0 bridgehead atoms. The van der Waals surface area contributed by atoms with Crippen LogP contribution in [0.3, 0.4) is 0 Å². The molecule has 0 aromatic heterocycles. The van der Waals surface area contributed by atoms with Crippen molar-refractivity contribution in [2.75, 3.05) is 19.8 Å². The summed E-state index contributed by atoms with van der Waals surface area (Å²) in [5.41, 5.74) is 0. The molecule has 0 aromatic carbocycles. The summed E-state index contributed by atoms with van der Waals surface area (Å²) in [6.45, 7) is 2.66. The Balaban J connectivity index is 1.41. The molecule has 2 fully saturated rings. The predicted octanol–water partition coefficient (Wildman–Crippen LogP) is 12.6. The maximum atomic E-state index is 13.1. The summed E-state index contributed by atoms with van der Waals surface area (Å²) in [6.07, 6.45) is 45.7. The topological polar surface area (TPSA) is 228 Å². The molecule has 0 saturated carbocycles. The molecule has 0 spiro atoms. The lowest BCUT2D eigenvalue weighted by Gasteiger charge is -2.46. The van der Waals surface area contributed by atoms with E-state index >= 15 is 0 Å². The molecule has 14 heteroatoms. The summed E-state index contributed by atoms with van der Waals surface area (Å²) < 4.78 is 22.6. The molecule has 2 aliphatic rings.